The van der Waals surface area contributed by atoms with Gasteiger partial charge in [0.05, 0.1) is 0 Å². The number of amides is 1. The van der Waals surface area contributed by atoms with E-state index in [1.54, 1.807) is 6.20 Å². The Morgan fingerprint density at radius 2 is 2.27 bits per heavy atom. The number of aromatic nitrogens is 3. The standard InChI is InChI=1S/C7H5ClN4OS2/c1-3-2-9-7(14-3)10-4(13)5-11-12-6(8)15-5/h2H,1H3,(H,9,10,13). The Morgan fingerprint density at radius 3 is 2.80 bits per heavy atom. The predicted molar refractivity (Wildman–Crippen MR) is 59.7 cm³/mol. The molecule has 5 nitrogen and oxygen atoms in total. The van der Waals surface area contributed by atoms with Gasteiger partial charge in [-0.2, -0.15) is 0 Å². The largest absolute Gasteiger partial charge is 0.296 e. The number of rotatable bonds is 2. The van der Waals surface area contributed by atoms with Crippen LogP contribution in [0.3, 0.4) is 0 Å². The van der Waals surface area contributed by atoms with Crippen molar-refractivity contribution in [1.82, 2.24) is 15.2 Å². The van der Waals surface area contributed by atoms with E-state index in [0.717, 1.165) is 16.2 Å². The highest BCUT2D eigenvalue weighted by Gasteiger charge is 2.13. The number of halogens is 1. The average Bonchev–Trinajstić information content (AvgIpc) is 2.75. The van der Waals surface area contributed by atoms with Gasteiger partial charge in [-0.25, -0.2) is 4.98 Å². The van der Waals surface area contributed by atoms with Gasteiger partial charge in [0.1, 0.15) is 0 Å². The summed E-state index contributed by atoms with van der Waals surface area (Å²) in [6.45, 7) is 1.91. The first-order valence-corrected chi connectivity index (χ1v) is 5.89. The Morgan fingerprint density at radius 1 is 1.47 bits per heavy atom. The molecule has 0 saturated carbocycles. The first kappa shape index (κ1) is 10.5. The van der Waals surface area contributed by atoms with Gasteiger partial charge in [-0.1, -0.05) is 11.3 Å². The molecule has 0 atom stereocenters. The Bertz CT molecular complexity index is 495. The minimum absolute atomic E-state index is 0.229. The van der Waals surface area contributed by atoms with Crippen LogP contribution in [-0.2, 0) is 0 Å². The van der Waals surface area contributed by atoms with Crippen LogP contribution in [0.25, 0.3) is 0 Å². The van der Waals surface area contributed by atoms with E-state index in [1.165, 1.54) is 11.3 Å². The normalized spacial score (nSPS) is 10.3. The van der Waals surface area contributed by atoms with E-state index in [0.29, 0.717) is 5.13 Å². The molecular weight excluding hydrogens is 256 g/mol. The highest BCUT2D eigenvalue weighted by atomic mass is 35.5. The van der Waals surface area contributed by atoms with Gasteiger partial charge in [-0.05, 0) is 18.5 Å². The van der Waals surface area contributed by atoms with Crippen LogP contribution in [0.15, 0.2) is 6.20 Å². The zero-order valence-corrected chi connectivity index (χ0v) is 9.91. The van der Waals surface area contributed by atoms with Crippen molar-refractivity contribution in [2.75, 3.05) is 5.32 Å². The number of carbonyl (C=O) groups excluding carboxylic acids is 1. The zero-order valence-electron chi connectivity index (χ0n) is 7.52. The van der Waals surface area contributed by atoms with Gasteiger partial charge in [0.15, 0.2) is 5.13 Å². The highest BCUT2D eigenvalue weighted by Crippen LogP contribution is 2.19. The lowest BCUT2D eigenvalue weighted by atomic mass is 10.6. The van der Waals surface area contributed by atoms with Crippen molar-refractivity contribution in [3.05, 3.63) is 20.5 Å². The molecule has 8 heteroatoms. The summed E-state index contributed by atoms with van der Waals surface area (Å²) in [6.07, 6.45) is 1.69. The molecule has 2 aromatic rings. The van der Waals surface area contributed by atoms with Crippen LogP contribution in [0.1, 0.15) is 14.7 Å². The maximum atomic E-state index is 11.5. The fourth-order valence-electron chi connectivity index (χ4n) is 0.860. The Balaban J connectivity index is 2.10. The van der Waals surface area contributed by atoms with Crippen LogP contribution in [0.5, 0.6) is 0 Å². The van der Waals surface area contributed by atoms with E-state index in [4.69, 9.17) is 11.6 Å². The molecule has 2 heterocycles. The van der Waals surface area contributed by atoms with Crippen LogP contribution in [0.2, 0.25) is 4.47 Å². The molecule has 2 rings (SSSR count). The summed E-state index contributed by atoms with van der Waals surface area (Å²) in [5.41, 5.74) is 0. The topological polar surface area (TPSA) is 67.8 Å². The molecule has 1 N–H and O–H groups in total. The third-order valence-corrected chi connectivity index (χ3v) is 3.28. The molecule has 0 aliphatic heterocycles. The molecule has 0 aliphatic carbocycles. The quantitative estimate of drug-likeness (QED) is 0.899. The molecule has 0 bridgehead atoms. The van der Waals surface area contributed by atoms with Gasteiger partial charge in [-0.15, -0.1) is 21.5 Å². The second-order valence-electron chi connectivity index (χ2n) is 2.59. The summed E-state index contributed by atoms with van der Waals surface area (Å²) < 4.78 is 0.246. The van der Waals surface area contributed by atoms with Gasteiger partial charge in [-0.3, -0.25) is 10.1 Å². The lowest BCUT2D eigenvalue weighted by molar-refractivity contribution is 0.102. The van der Waals surface area contributed by atoms with E-state index in [9.17, 15) is 4.79 Å². The molecule has 2 aromatic heterocycles. The van der Waals surface area contributed by atoms with Crippen molar-refractivity contribution >= 4 is 45.3 Å². The van der Waals surface area contributed by atoms with Crippen molar-refractivity contribution in [1.29, 1.82) is 0 Å². The molecule has 0 aliphatic rings. The first-order valence-electron chi connectivity index (χ1n) is 3.88. The SMILES string of the molecule is Cc1cnc(NC(=O)c2nnc(Cl)s2)s1. The van der Waals surface area contributed by atoms with Gasteiger partial charge in [0, 0.05) is 11.1 Å². The van der Waals surface area contributed by atoms with Gasteiger partial charge in [0.2, 0.25) is 9.47 Å². The number of carbonyl (C=O) groups is 1. The molecule has 0 unspecified atom stereocenters. The monoisotopic (exact) mass is 260 g/mol. The fraction of sp³-hybridized carbons (Fsp3) is 0.143. The van der Waals surface area contributed by atoms with E-state index in [-0.39, 0.29) is 15.4 Å². The molecule has 0 spiro atoms. The second-order valence-corrected chi connectivity index (χ2v) is 5.38. The molecule has 15 heavy (non-hydrogen) atoms. The van der Waals surface area contributed by atoms with Crippen LogP contribution in [0.4, 0.5) is 5.13 Å². The summed E-state index contributed by atoms with van der Waals surface area (Å²) in [5, 5.41) is 10.5. The number of nitrogens with zero attached hydrogens (tertiary/aromatic N) is 3. The molecule has 1 amide bonds. The Labute approximate surface area is 98.1 Å². The van der Waals surface area contributed by atoms with E-state index in [2.05, 4.69) is 20.5 Å². The summed E-state index contributed by atoms with van der Waals surface area (Å²) >= 11 is 7.99. The molecule has 0 saturated heterocycles. The Hall–Kier alpha value is -1.05. The molecule has 78 valence electrons. The maximum absolute atomic E-state index is 11.5. The maximum Gasteiger partial charge on any atom is 0.288 e. The lowest BCUT2D eigenvalue weighted by Crippen LogP contribution is -2.11. The van der Waals surface area contributed by atoms with Crippen molar-refractivity contribution < 1.29 is 4.79 Å². The van der Waals surface area contributed by atoms with E-state index in [1.807, 2.05) is 6.92 Å². The number of thiazole rings is 1. The number of anilines is 1. The zero-order chi connectivity index (χ0) is 10.8. The predicted octanol–water partition coefficient (Wildman–Crippen LogP) is 2.21. The van der Waals surface area contributed by atoms with Crippen molar-refractivity contribution in [3.8, 4) is 0 Å². The number of hydrogen-bond donors (Lipinski definition) is 1. The van der Waals surface area contributed by atoms with E-state index >= 15 is 0 Å². The minimum atomic E-state index is -0.339. The van der Waals surface area contributed by atoms with Crippen LogP contribution in [-0.4, -0.2) is 21.1 Å². The molecule has 0 radical (unpaired) electrons. The number of hydrogen-bond acceptors (Lipinski definition) is 6. The third-order valence-electron chi connectivity index (χ3n) is 1.44. The smallest absolute Gasteiger partial charge is 0.288 e. The Kier molecular flexibility index (Phi) is 2.94. The number of aryl methyl sites for hydroxylation is 1. The van der Waals surface area contributed by atoms with Crippen LogP contribution >= 0.6 is 34.3 Å². The van der Waals surface area contributed by atoms with Gasteiger partial charge >= 0.3 is 0 Å². The van der Waals surface area contributed by atoms with Crippen molar-refractivity contribution in [2.45, 2.75) is 6.92 Å². The van der Waals surface area contributed by atoms with Crippen LogP contribution < -0.4 is 5.32 Å². The summed E-state index contributed by atoms with van der Waals surface area (Å²) in [5.74, 6) is -0.339. The average molecular weight is 261 g/mol. The van der Waals surface area contributed by atoms with Gasteiger partial charge < -0.3 is 0 Å². The first-order chi connectivity index (χ1) is 7.15. The molecule has 0 aromatic carbocycles. The summed E-state index contributed by atoms with van der Waals surface area (Å²) in [7, 11) is 0. The number of nitrogens with one attached hydrogen (secondary N) is 1. The molecular formula is C7H5ClN4OS2. The van der Waals surface area contributed by atoms with Gasteiger partial charge in [0.25, 0.3) is 5.91 Å². The van der Waals surface area contributed by atoms with E-state index < -0.39 is 0 Å². The lowest BCUT2D eigenvalue weighted by Gasteiger charge is -1.95. The second kappa shape index (κ2) is 4.21. The summed E-state index contributed by atoms with van der Waals surface area (Å²) in [6, 6.07) is 0. The van der Waals surface area contributed by atoms with Crippen molar-refractivity contribution in [3.63, 3.8) is 0 Å². The van der Waals surface area contributed by atoms with Crippen LogP contribution in [0, 0.1) is 6.92 Å². The molecule has 0 fully saturated rings. The third kappa shape index (κ3) is 2.49. The highest BCUT2D eigenvalue weighted by molar-refractivity contribution is 7.17. The fourth-order valence-corrected chi connectivity index (χ4v) is 2.24. The van der Waals surface area contributed by atoms with Crippen molar-refractivity contribution in [2.24, 2.45) is 0 Å². The minimum Gasteiger partial charge on any atom is -0.296 e. The summed E-state index contributed by atoms with van der Waals surface area (Å²) in [4.78, 5) is 16.6.